The molecule has 1 fully saturated rings. The lowest BCUT2D eigenvalue weighted by atomic mass is 9.87. The van der Waals surface area contributed by atoms with Gasteiger partial charge in [0, 0.05) is 18.7 Å². The molecule has 1 aliphatic rings. The second kappa shape index (κ2) is 6.84. The number of rotatable bonds is 5. The predicted molar refractivity (Wildman–Crippen MR) is 101 cm³/mol. The Hall–Kier alpha value is -1.40. The molecule has 128 valence electrons. The van der Waals surface area contributed by atoms with Gasteiger partial charge in [-0.05, 0) is 29.4 Å². The molecule has 0 atom stereocenters. The maximum Gasteiger partial charge on any atom is 0.225 e. The van der Waals surface area contributed by atoms with Gasteiger partial charge in [-0.2, -0.15) is 0 Å². The van der Waals surface area contributed by atoms with Crippen LogP contribution < -0.4 is 4.90 Å². The minimum atomic E-state index is 0.0583. The van der Waals surface area contributed by atoms with Crippen molar-refractivity contribution in [2.45, 2.75) is 62.1 Å². The van der Waals surface area contributed by atoms with E-state index in [1.807, 2.05) is 0 Å². The molecule has 0 unspecified atom stereocenters. The van der Waals surface area contributed by atoms with E-state index < -0.39 is 0 Å². The van der Waals surface area contributed by atoms with Crippen molar-refractivity contribution in [3.63, 3.8) is 0 Å². The summed E-state index contributed by atoms with van der Waals surface area (Å²) in [5, 5.41) is 9.18. The van der Waals surface area contributed by atoms with Crippen LogP contribution >= 0.6 is 23.1 Å². The highest BCUT2D eigenvalue weighted by Crippen LogP contribution is 2.36. The average Bonchev–Trinajstić information content (AvgIpc) is 3.22. The largest absolute Gasteiger partial charge is 0.284 e. The van der Waals surface area contributed by atoms with Crippen molar-refractivity contribution in [3.05, 3.63) is 35.4 Å². The van der Waals surface area contributed by atoms with Gasteiger partial charge in [-0.1, -0.05) is 68.1 Å². The number of thioether (sulfide) groups is 1. The molecule has 1 amide bonds. The van der Waals surface area contributed by atoms with E-state index >= 15 is 0 Å². The summed E-state index contributed by atoms with van der Waals surface area (Å²) >= 11 is 3.19. The van der Waals surface area contributed by atoms with Crippen LogP contribution in [0, 0.1) is 0 Å². The molecular weight excluding hydrogens is 338 g/mol. The smallest absolute Gasteiger partial charge is 0.225 e. The van der Waals surface area contributed by atoms with Crippen molar-refractivity contribution in [2.24, 2.45) is 0 Å². The fourth-order valence-electron chi connectivity index (χ4n) is 2.48. The summed E-state index contributed by atoms with van der Waals surface area (Å²) in [5.41, 5.74) is 2.80. The Balaban J connectivity index is 1.62. The molecule has 0 N–H and O–H groups in total. The third kappa shape index (κ3) is 4.16. The molecule has 3 rings (SSSR count). The summed E-state index contributed by atoms with van der Waals surface area (Å²) in [6.45, 7) is 8.27. The molecule has 0 spiro atoms. The third-order valence-corrected chi connectivity index (χ3v) is 6.16. The Kier molecular flexibility index (Phi) is 4.97. The Morgan fingerprint density at radius 2 is 1.92 bits per heavy atom. The minimum absolute atomic E-state index is 0.0583. The van der Waals surface area contributed by atoms with Crippen molar-refractivity contribution in [1.29, 1.82) is 0 Å². The second-order valence-electron chi connectivity index (χ2n) is 7.21. The van der Waals surface area contributed by atoms with E-state index in [9.17, 15) is 4.79 Å². The van der Waals surface area contributed by atoms with E-state index in [2.05, 4.69) is 55.2 Å². The maximum absolute atomic E-state index is 11.8. The zero-order valence-electron chi connectivity index (χ0n) is 14.6. The number of amides is 1. The van der Waals surface area contributed by atoms with E-state index in [1.165, 1.54) is 22.5 Å². The highest BCUT2D eigenvalue weighted by molar-refractivity contribution is 8.00. The Morgan fingerprint density at radius 1 is 1.25 bits per heavy atom. The fourth-order valence-corrected chi connectivity index (χ4v) is 4.40. The quantitative estimate of drug-likeness (QED) is 0.575. The number of hydrogen-bond donors (Lipinski definition) is 0. The number of hydrogen-bond acceptors (Lipinski definition) is 5. The Labute approximate surface area is 151 Å². The lowest BCUT2D eigenvalue weighted by molar-refractivity contribution is -0.116. The van der Waals surface area contributed by atoms with Gasteiger partial charge in [0.15, 0.2) is 4.34 Å². The molecule has 0 radical (unpaired) electrons. The zero-order chi connectivity index (χ0) is 17.3. The lowest BCUT2D eigenvalue weighted by Crippen LogP contribution is -2.30. The summed E-state index contributed by atoms with van der Waals surface area (Å²) in [6, 6.07) is 9.10. The summed E-state index contributed by atoms with van der Waals surface area (Å²) in [5.74, 6) is 0.922. The highest BCUT2D eigenvalue weighted by atomic mass is 32.2. The monoisotopic (exact) mass is 361 g/mol. The van der Waals surface area contributed by atoms with Gasteiger partial charge in [0.1, 0.15) is 0 Å². The number of anilines is 1. The van der Waals surface area contributed by atoms with Crippen LogP contribution in [0.25, 0.3) is 0 Å². The van der Waals surface area contributed by atoms with Gasteiger partial charge < -0.3 is 0 Å². The van der Waals surface area contributed by atoms with Gasteiger partial charge in [0.05, 0.1) is 0 Å². The molecule has 1 aromatic heterocycles. The average molecular weight is 362 g/mol. The van der Waals surface area contributed by atoms with Crippen LogP contribution in [0.1, 0.15) is 51.7 Å². The van der Waals surface area contributed by atoms with Crippen molar-refractivity contribution < 1.29 is 4.79 Å². The fraction of sp³-hybridized carbons (Fsp3) is 0.500. The van der Waals surface area contributed by atoms with E-state index in [4.69, 9.17) is 0 Å². The van der Waals surface area contributed by atoms with Crippen LogP contribution in [0.3, 0.4) is 0 Å². The molecule has 1 aliphatic carbocycles. The summed E-state index contributed by atoms with van der Waals surface area (Å²) in [4.78, 5) is 13.6. The van der Waals surface area contributed by atoms with Crippen LogP contribution in [0.5, 0.6) is 0 Å². The van der Waals surface area contributed by atoms with Crippen LogP contribution in [0.2, 0.25) is 0 Å². The van der Waals surface area contributed by atoms with Crippen molar-refractivity contribution in [3.8, 4) is 0 Å². The molecule has 1 aromatic carbocycles. The molecule has 24 heavy (non-hydrogen) atoms. The van der Waals surface area contributed by atoms with E-state index in [0.717, 1.165) is 28.1 Å². The van der Waals surface area contributed by atoms with E-state index in [1.54, 1.807) is 23.6 Å². The molecular formula is C18H23N3OS2. The highest BCUT2D eigenvalue weighted by Gasteiger charge is 2.34. The normalized spacial score (nSPS) is 14.7. The van der Waals surface area contributed by atoms with Crippen molar-refractivity contribution in [2.75, 3.05) is 4.90 Å². The SMILES string of the molecule is CC(=O)N(c1nnc(SCc2ccc(C(C)(C)C)cc2)s1)C1CC1. The van der Waals surface area contributed by atoms with Crippen LogP contribution in [-0.4, -0.2) is 22.1 Å². The van der Waals surface area contributed by atoms with E-state index in [0.29, 0.717) is 6.04 Å². The van der Waals surface area contributed by atoms with Gasteiger partial charge >= 0.3 is 0 Å². The van der Waals surface area contributed by atoms with Gasteiger partial charge in [-0.3, -0.25) is 9.69 Å². The number of benzene rings is 1. The molecule has 0 saturated heterocycles. The van der Waals surface area contributed by atoms with Gasteiger partial charge in [-0.25, -0.2) is 0 Å². The third-order valence-electron chi connectivity index (χ3n) is 4.04. The first-order valence-electron chi connectivity index (χ1n) is 8.20. The molecule has 1 saturated carbocycles. The molecule has 0 aliphatic heterocycles. The number of nitrogens with zero attached hydrogens (tertiary/aromatic N) is 3. The van der Waals surface area contributed by atoms with Gasteiger partial charge in [-0.15, -0.1) is 10.2 Å². The van der Waals surface area contributed by atoms with Crippen LogP contribution in [0.15, 0.2) is 28.6 Å². The number of aromatic nitrogens is 2. The van der Waals surface area contributed by atoms with Crippen molar-refractivity contribution in [1.82, 2.24) is 10.2 Å². The number of carbonyl (C=O) groups is 1. The lowest BCUT2D eigenvalue weighted by Gasteiger charge is -2.19. The second-order valence-corrected chi connectivity index (χ2v) is 9.38. The number of carbonyl (C=O) groups excluding carboxylic acids is 1. The maximum atomic E-state index is 11.8. The summed E-state index contributed by atoms with van der Waals surface area (Å²) in [6.07, 6.45) is 2.14. The molecule has 4 nitrogen and oxygen atoms in total. The Bertz CT molecular complexity index is 715. The van der Waals surface area contributed by atoms with E-state index in [-0.39, 0.29) is 11.3 Å². The predicted octanol–water partition coefficient (Wildman–Crippen LogP) is 4.64. The first kappa shape index (κ1) is 17.4. The molecule has 2 aromatic rings. The molecule has 0 bridgehead atoms. The molecule has 1 heterocycles. The zero-order valence-corrected chi connectivity index (χ0v) is 16.2. The Morgan fingerprint density at radius 3 is 2.46 bits per heavy atom. The van der Waals surface area contributed by atoms with Gasteiger partial charge in [0.2, 0.25) is 11.0 Å². The minimum Gasteiger partial charge on any atom is -0.284 e. The standard InChI is InChI=1S/C18H23N3OS2/c1-12(22)21(15-9-10-15)16-19-20-17(24-16)23-11-13-5-7-14(8-6-13)18(2,3)4/h5-8,15H,9-11H2,1-4H3. The summed E-state index contributed by atoms with van der Waals surface area (Å²) in [7, 11) is 0. The summed E-state index contributed by atoms with van der Waals surface area (Å²) < 4.78 is 0.914. The van der Waals surface area contributed by atoms with Gasteiger partial charge in [0.25, 0.3) is 0 Å². The van der Waals surface area contributed by atoms with Crippen LogP contribution in [0.4, 0.5) is 5.13 Å². The van der Waals surface area contributed by atoms with Crippen molar-refractivity contribution >= 4 is 34.1 Å². The van der Waals surface area contributed by atoms with Crippen LogP contribution in [-0.2, 0) is 16.0 Å². The topological polar surface area (TPSA) is 46.1 Å². The molecule has 6 heteroatoms. The first-order chi connectivity index (χ1) is 11.3. The first-order valence-corrected chi connectivity index (χ1v) is 10.0.